The molecule has 0 amide bonds. The van der Waals surface area contributed by atoms with E-state index in [4.69, 9.17) is 4.42 Å². The van der Waals surface area contributed by atoms with Crippen molar-refractivity contribution in [1.82, 2.24) is 19.7 Å². The van der Waals surface area contributed by atoms with E-state index in [9.17, 15) is 0 Å². The minimum atomic E-state index is 0.700. The maximum atomic E-state index is 5.37. The Balaban J connectivity index is 1.51. The predicted octanol–water partition coefficient (Wildman–Crippen LogP) is 2.50. The molecular formula is C14H20N4OS. The van der Waals surface area contributed by atoms with Gasteiger partial charge in [-0.25, -0.2) is 0 Å². The maximum Gasteiger partial charge on any atom is 0.191 e. The van der Waals surface area contributed by atoms with Gasteiger partial charge >= 0.3 is 0 Å². The van der Waals surface area contributed by atoms with Crippen LogP contribution in [-0.4, -0.2) is 45.1 Å². The van der Waals surface area contributed by atoms with Gasteiger partial charge in [-0.15, -0.1) is 10.2 Å². The van der Waals surface area contributed by atoms with E-state index in [1.54, 1.807) is 24.4 Å². The fraction of sp³-hybridized carbons (Fsp3) is 0.571. The van der Waals surface area contributed by atoms with Gasteiger partial charge in [0, 0.05) is 11.8 Å². The summed E-state index contributed by atoms with van der Waals surface area (Å²) in [6.45, 7) is 1.94. The molecule has 1 aliphatic heterocycles. The lowest BCUT2D eigenvalue weighted by molar-refractivity contribution is 0.305. The van der Waals surface area contributed by atoms with E-state index in [2.05, 4.69) is 22.1 Å². The summed E-state index contributed by atoms with van der Waals surface area (Å²) in [4.78, 5) is 2.47. The number of thioether (sulfide) groups is 1. The van der Waals surface area contributed by atoms with E-state index in [0.29, 0.717) is 6.54 Å². The quantitative estimate of drug-likeness (QED) is 0.766. The highest BCUT2D eigenvalue weighted by atomic mass is 32.2. The second kappa shape index (κ2) is 6.45. The zero-order valence-electron chi connectivity index (χ0n) is 11.7. The van der Waals surface area contributed by atoms with Crippen LogP contribution in [0.4, 0.5) is 0 Å². The van der Waals surface area contributed by atoms with E-state index in [1.165, 1.54) is 25.8 Å². The summed E-state index contributed by atoms with van der Waals surface area (Å²) in [5.41, 5.74) is 0. The summed E-state index contributed by atoms with van der Waals surface area (Å²) in [5.74, 6) is 2.02. The van der Waals surface area contributed by atoms with Crippen molar-refractivity contribution in [1.29, 1.82) is 0 Å². The number of likely N-dealkylation sites (tertiary alicyclic amines) is 1. The molecule has 1 saturated heterocycles. The molecule has 5 nitrogen and oxygen atoms in total. The molecule has 0 aromatic carbocycles. The lowest BCUT2D eigenvalue weighted by atomic mass is 10.2. The molecule has 6 heteroatoms. The molecule has 1 fully saturated rings. The van der Waals surface area contributed by atoms with Gasteiger partial charge in [-0.2, -0.15) is 0 Å². The summed E-state index contributed by atoms with van der Waals surface area (Å²) in [6.07, 6.45) is 7.35. The van der Waals surface area contributed by atoms with Crippen molar-refractivity contribution in [2.75, 3.05) is 19.3 Å². The van der Waals surface area contributed by atoms with E-state index in [0.717, 1.165) is 22.7 Å². The van der Waals surface area contributed by atoms with Crippen molar-refractivity contribution in [3.05, 3.63) is 30.5 Å². The minimum Gasteiger partial charge on any atom is -0.467 e. The first-order valence-electron chi connectivity index (χ1n) is 7.06. The Morgan fingerprint density at radius 2 is 2.45 bits per heavy atom. The van der Waals surface area contributed by atoms with Crippen LogP contribution in [0, 0.1) is 0 Å². The fourth-order valence-electron chi connectivity index (χ4n) is 2.67. The van der Waals surface area contributed by atoms with Gasteiger partial charge in [0.05, 0.1) is 12.8 Å². The first-order chi connectivity index (χ1) is 9.83. The van der Waals surface area contributed by atoms with Crippen molar-refractivity contribution in [2.45, 2.75) is 37.0 Å². The summed E-state index contributed by atoms with van der Waals surface area (Å²) in [7, 11) is 2.22. The van der Waals surface area contributed by atoms with Gasteiger partial charge in [-0.1, -0.05) is 11.8 Å². The normalized spacial score (nSPS) is 19.8. The third kappa shape index (κ3) is 3.24. The van der Waals surface area contributed by atoms with Crippen molar-refractivity contribution in [3.8, 4) is 0 Å². The first kappa shape index (κ1) is 13.7. The van der Waals surface area contributed by atoms with Gasteiger partial charge in [-0.05, 0) is 45.0 Å². The summed E-state index contributed by atoms with van der Waals surface area (Å²) >= 11 is 1.79. The highest BCUT2D eigenvalue weighted by molar-refractivity contribution is 7.99. The second-order valence-corrected chi connectivity index (χ2v) is 6.30. The molecule has 0 saturated carbocycles. The number of aromatic nitrogens is 3. The fourth-order valence-corrected chi connectivity index (χ4v) is 3.62. The highest BCUT2D eigenvalue weighted by Crippen LogP contribution is 2.23. The summed E-state index contributed by atoms with van der Waals surface area (Å²) < 4.78 is 7.41. The van der Waals surface area contributed by atoms with E-state index in [-0.39, 0.29) is 0 Å². The van der Waals surface area contributed by atoms with Gasteiger partial charge < -0.3 is 13.9 Å². The molecular weight excluding hydrogens is 272 g/mol. The number of rotatable bonds is 6. The molecule has 0 radical (unpaired) electrons. The summed E-state index contributed by atoms with van der Waals surface area (Å²) in [5, 5.41) is 9.18. The molecule has 0 aliphatic carbocycles. The van der Waals surface area contributed by atoms with E-state index in [1.807, 2.05) is 16.7 Å². The van der Waals surface area contributed by atoms with Crippen LogP contribution in [0.1, 0.15) is 25.0 Å². The zero-order chi connectivity index (χ0) is 13.8. The molecule has 2 aromatic rings. The highest BCUT2D eigenvalue weighted by Gasteiger charge is 2.20. The number of hydrogen-bond donors (Lipinski definition) is 0. The lowest BCUT2D eigenvalue weighted by Gasteiger charge is -2.18. The summed E-state index contributed by atoms with van der Waals surface area (Å²) in [6, 6.07) is 4.62. The van der Waals surface area contributed by atoms with Crippen molar-refractivity contribution in [2.24, 2.45) is 0 Å². The molecule has 1 aliphatic rings. The zero-order valence-corrected chi connectivity index (χ0v) is 12.6. The molecule has 1 atom stereocenters. The van der Waals surface area contributed by atoms with Gasteiger partial charge in [0.1, 0.15) is 12.1 Å². The molecule has 20 heavy (non-hydrogen) atoms. The van der Waals surface area contributed by atoms with Crippen LogP contribution in [0.3, 0.4) is 0 Å². The third-order valence-corrected chi connectivity index (χ3v) is 4.85. The third-order valence-electron chi connectivity index (χ3n) is 3.84. The molecule has 3 heterocycles. The Labute approximate surface area is 123 Å². The van der Waals surface area contributed by atoms with Crippen molar-refractivity contribution >= 4 is 11.8 Å². The van der Waals surface area contributed by atoms with Crippen molar-refractivity contribution < 1.29 is 4.42 Å². The average molecular weight is 292 g/mol. The van der Waals surface area contributed by atoms with E-state index < -0.39 is 0 Å². The Morgan fingerprint density at radius 3 is 3.20 bits per heavy atom. The van der Waals surface area contributed by atoms with E-state index >= 15 is 0 Å². The van der Waals surface area contributed by atoms with Crippen LogP contribution in [0.25, 0.3) is 0 Å². The predicted molar refractivity (Wildman–Crippen MR) is 78.8 cm³/mol. The standard InChI is InChI=1S/C14H20N4OS/c1-17-7-2-4-12(17)6-9-20-14-16-15-11-18(14)10-13-5-3-8-19-13/h3,5,8,11-12H,2,4,6-7,9-10H2,1H3/t12-/m0/s1. The topological polar surface area (TPSA) is 47.1 Å². The average Bonchev–Trinajstić information content (AvgIpc) is 3.15. The number of hydrogen-bond acceptors (Lipinski definition) is 5. The number of furan rings is 1. The molecule has 0 bridgehead atoms. The molecule has 0 N–H and O–H groups in total. The molecule has 3 rings (SSSR count). The van der Waals surface area contributed by atoms with Crippen LogP contribution in [0.5, 0.6) is 0 Å². The monoisotopic (exact) mass is 292 g/mol. The van der Waals surface area contributed by atoms with Gasteiger partial charge in [0.15, 0.2) is 5.16 Å². The lowest BCUT2D eigenvalue weighted by Crippen LogP contribution is -2.25. The molecule has 0 spiro atoms. The SMILES string of the molecule is CN1CCC[C@H]1CCSc1nncn1Cc1ccco1. The Hall–Kier alpha value is -1.27. The molecule has 2 aromatic heterocycles. The first-order valence-corrected chi connectivity index (χ1v) is 8.05. The number of nitrogens with zero attached hydrogens (tertiary/aromatic N) is 4. The maximum absolute atomic E-state index is 5.37. The second-order valence-electron chi connectivity index (χ2n) is 5.23. The van der Waals surface area contributed by atoms with Crippen LogP contribution >= 0.6 is 11.8 Å². The van der Waals surface area contributed by atoms with Gasteiger partial charge in [0.25, 0.3) is 0 Å². The van der Waals surface area contributed by atoms with Gasteiger partial charge in [0.2, 0.25) is 0 Å². The van der Waals surface area contributed by atoms with Crippen molar-refractivity contribution in [3.63, 3.8) is 0 Å². The van der Waals surface area contributed by atoms with Gasteiger partial charge in [-0.3, -0.25) is 0 Å². The minimum absolute atomic E-state index is 0.700. The van der Waals surface area contributed by atoms with Crippen LogP contribution < -0.4 is 0 Å². The Bertz CT molecular complexity index is 525. The molecule has 0 unspecified atom stereocenters. The largest absolute Gasteiger partial charge is 0.467 e. The molecule has 108 valence electrons. The van der Waals surface area contributed by atoms with Crippen LogP contribution in [0.2, 0.25) is 0 Å². The Morgan fingerprint density at radius 1 is 1.50 bits per heavy atom. The van der Waals surface area contributed by atoms with Crippen LogP contribution in [-0.2, 0) is 6.54 Å². The smallest absolute Gasteiger partial charge is 0.191 e. The Kier molecular flexibility index (Phi) is 4.42. The van der Waals surface area contributed by atoms with Crippen LogP contribution in [0.15, 0.2) is 34.3 Å².